The second-order valence-electron chi connectivity index (χ2n) is 3.95. The molecule has 21 heavy (non-hydrogen) atoms. The summed E-state index contributed by atoms with van der Waals surface area (Å²) in [7, 11) is 2.08. The molecule has 0 fully saturated rings. The molecule has 1 heterocycles. The molecule has 1 aliphatic heterocycles. The standard InChI is InChI=1S/C16H21N.2C2H6/c1-6-10-15-13(8-3)12-14(9-4)16(11-7-2)17(15)5;2*1-2/h6-11H,1,4,12H2,2-3,5H3;2*1-2H3/b11-7-,13-8-,15-10+;;. The molecule has 0 aromatic carbocycles. The van der Waals surface area contributed by atoms with Gasteiger partial charge in [0.25, 0.3) is 0 Å². The van der Waals surface area contributed by atoms with E-state index in [2.05, 4.69) is 56.3 Å². The van der Waals surface area contributed by atoms with Crippen LogP contribution in [0.3, 0.4) is 0 Å². The molecule has 0 saturated carbocycles. The molecule has 1 aliphatic rings. The van der Waals surface area contributed by atoms with E-state index in [9.17, 15) is 0 Å². The number of likely N-dealkylation sites (N-methyl/N-ethyl adjacent to an activating group) is 1. The number of nitrogens with zero attached hydrogens (tertiary/aromatic N) is 1. The zero-order valence-electron chi connectivity index (χ0n) is 15.0. The van der Waals surface area contributed by atoms with Gasteiger partial charge in [0.2, 0.25) is 0 Å². The Morgan fingerprint density at radius 1 is 1.05 bits per heavy atom. The van der Waals surface area contributed by atoms with E-state index in [1.54, 1.807) is 0 Å². The number of rotatable bonds is 3. The van der Waals surface area contributed by atoms with Crippen molar-refractivity contribution in [2.45, 2.75) is 48.0 Å². The van der Waals surface area contributed by atoms with E-state index in [1.807, 2.05) is 46.8 Å². The van der Waals surface area contributed by atoms with Gasteiger partial charge >= 0.3 is 0 Å². The van der Waals surface area contributed by atoms with Gasteiger partial charge in [0.1, 0.15) is 0 Å². The highest BCUT2D eigenvalue weighted by molar-refractivity contribution is 5.48. The molecule has 1 heteroatoms. The molecule has 0 amide bonds. The van der Waals surface area contributed by atoms with Crippen LogP contribution in [-0.2, 0) is 0 Å². The van der Waals surface area contributed by atoms with Crippen molar-refractivity contribution in [1.29, 1.82) is 0 Å². The summed E-state index contributed by atoms with van der Waals surface area (Å²) in [6.45, 7) is 19.8. The summed E-state index contributed by atoms with van der Waals surface area (Å²) in [5.74, 6) is 0. The lowest BCUT2D eigenvalue weighted by Crippen LogP contribution is -2.23. The van der Waals surface area contributed by atoms with Gasteiger partial charge in [-0.1, -0.05) is 65.2 Å². The lowest BCUT2D eigenvalue weighted by atomic mass is 9.94. The third-order valence-corrected chi connectivity index (χ3v) is 2.96. The Hall–Kier alpha value is -1.76. The number of allylic oxidation sites excluding steroid dienone is 8. The lowest BCUT2D eigenvalue weighted by molar-refractivity contribution is 0.519. The van der Waals surface area contributed by atoms with Crippen LogP contribution in [0.2, 0.25) is 0 Å². The molecule has 118 valence electrons. The van der Waals surface area contributed by atoms with Crippen LogP contribution in [0.4, 0.5) is 0 Å². The molecule has 0 aromatic heterocycles. The largest absolute Gasteiger partial charge is 0.344 e. The second-order valence-corrected chi connectivity index (χ2v) is 3.95. The highest BCUT2D eigenvalue weighted by Crippen LogP contribution is 2.33. The van der Waals surface area contributed by atoms with Crippen molar-refractivity contribution in [1.82, 2.24) is 4.90 Å². The van der Waals surface area contributed by atoms with Gasteiger partial charge in [0.15, 0.2) is 0 Å². The molecule has 1 rings (SSSR count). The fraction of sp³-hybridized carbons (Fsp3) is 0.400. The molecule has 0 radical (unpaired) electrons. The van der Waals surface area contributed by atoms with Gasteiger partial charge in [0, 0.05) is 24.9 Å². The van der Waals surface area contributed by atoms with Crippen LogP contribution in [0.15, 0.2) is 72.2 Å². The third-order valence-electron chi connectivity index (χ3n) is 2.96. The van der Waals surface area contributed by atoms with Gasteiger partial charge in [-0.3, -0.25) is 0 Å². The van der Waals surface area contributed by atoms with Crippen molar-refractivity contribution in [2.24, 2.45) is 0 Å². The van der Waals surface area contributed by atoms with E-state index in [1.165, 1.54) is 22.5 Å². The van der Waals surface area contributed by atoms with E-state index in [4.69, 9.17) is 0 Å². The van der Waals surface area contributed by atoms with Crippen molar-refractivity contribution >= 4 is 0 Å². The first-order valence-electron chi connectivity index (χ1n) is 7.89. The van der Waals surface area contributed by atoms with Gasteiger partial charge in [-0.05, 0) is 37.1 Å². The fourth-order valence-corrected chi connectivity index (χ4v) is 2.08. The van der Waals surface area contributed by atoms with E-state index in [-0.39, 0.29) is 0 Å². The van der Waals surface area contributed by atoms with Crippen molar-refractivity contribution in [2.75, 3.05) is 7.05 Å². The Balaban J connectivity index is 0. The maximum absolute atomic E-state index is 3.91. The second kappa shape index (κ2) is 13.2. The summed E-state index contributed by atoms with van der Waals surface area (Å²) in [5.41, 5.74) is 5.00. The predicted octanol–water partition coefficient (Wildman–Crippen LogP) is 6.41. The number of hydrogen-bond donors (Lipinski definition) is 0. The highest BCUT2D eigenvalue weighted by atomic mass is 15.1. The van der Waals surface area contributed by atoms with Gasteiger partial charge in [-0.15, -0.1) is 0 Å². The number of hydrogen-bond acceptors (Lipinski definition) is 1. The van der Waals surface area contributed by atoms with Crippen molar-refractivity contribution in [3.8, 4) is 0 Å². The maximum Gasteiger partial charge on any atom is 0.0440 e. The molecule has 0 N–H and O–H groups in total. The van der Waals surface area contributed by atoms with Crippen LogP contribution in [0.5, 0.6) is 0 Å². The van der Waals surface area contributed by atoms with Crippen molar-refractivity contribution < 1.29 is 0 Å². The Morgan fingerprint density at radius 3 is 2.00 bits per heavy atom. The van der Waals surface area contributed by atoms with E-state index in [0.717, 1.165) is 6.42 Å². The summed E-state index contributed by atoms with van der Waals surface area (Å²) in [6.07, 6.45) is 13.1. The first-order valence-corrected chi connectivity index (χ1v) is 7.89. The Labute approximate surface area is 132 Å². The molecule has 0 spiro atoms. The van der Waals surface area contributed by atoms with Crippen LogP contribution in [0.25, 0.3) is 0 Å². The minimum Gasteiger partial charge on any atom is -0.344 e. The monoisotopic (exact) mass is 287 g/mol. The summed E-state index contributed by atoms with van der Waals surface area (Å²) in [5, 5.41) is 0. The Morgan fingerprint density at radius 2 is 1.62 bits per heavy atom. The Bertz CT molecular complexity index is 431. The minimum absolute atomic E-state index is 0.934. The van der Waals surface area contributed by atoms with Gasteiger partial charge in [-0.25, -0.2) is 0 Å². The van der Waals surface area contributed by atoms with Crippen LogP contribution in [0.1, 0.15) is 48.0 Å². The molecule has 0 aliphatic carbocycles. The first kappa shape index (κ1) is 21.5. The minimum atomic E-state index is 0.934. The topological polar surface area (TPSA) is 3.24 Å². The average Bonchev–Trinajstić information content (AvgIpc) is 2.55. The molecule has 0 aromatic rings. The van der Waals surface area contributed by atoms with Gasteiger partial charge in [-0.2, -0.15) is 0 Å². The quantitative estimate of drug-likeness (QED) is 0.580. The van der Waals surface area contributed by atoms with E-state index < -0.39 is 0 Å². The SMILES string of the molecule is C=C/C=C1\C(=C/C)CC(C=C)=C(/C=C\C)N1C.CC.CC. The van der Waals surface area contributed by atoms with E-state index >= 15 is 0 Å². The fourth-order valence-electron chi connectivity index (χ4n) is 2.08. The normalized spacial score (nSPS) is 18.1. The predicted molar refractivity (Wildman–Crippen MR) is 99.2 cm³/mol. The summed E-state index contributed by atoms with van der Waals surface area (Å²) < 4.78 is 0. The highest BCUT2D eigenvalue weighted by Gasteiger charge is 2.20. The summed E-state index contributed by atoms with van der Waals surface area (Å²) in [6, 6.07) is 0. The van der Waals surface area contributed by atoms with Crippen molar-refractivity contribution in [3.63, 3.8) is 0 Å². The zero-order chi connectivity index (χ0) is 16.8. The van der Waals surface area contributed by atoms with Crippen LogP contribution < -0.4 is 0 Å². The molecule has 0 atom stereocenters. The first-order chi connectivity index (χ1) is 10.2. The molecule has 0 unspecified atom stereocenters. The van der Waals surface area contributed by atoms with Crippen LogP contribution in [-0.4, -0.2) is 11.9 Å². The average molecular weight is 287 g/mol. The van der Waals surface area contributed by atoms with Gasteiger partial charge < -0.3 is 4.90 Å². The van der Waals surface area contributed by atoms with Crippen LogP contribution >= 0.6 is 0 Å². The van der Waals surface area contributed by atoms with Gasteiger partial charge in [0.05, 0.1) is 0 Å². The molecule has 0 bridgehead atoms. The zero-order valence-corrected chi connectivity index (χ0v) is 15.0. The van der Waals surface area contributed by atoms with Crippen molar-refractivity contribution in [3.05, 3.63) is 72.2 Å². The Kier molecular flexibility index (Phi) is 13.6. The summed E-state index contributed by atoms with van der Waals surface area (Å²) in [4.78, 5) is 2.19. The maximum atomic E-state index is 3.91. The molecular formula is C20H33N. The summed E-state index contributed by atoms with van der Waals surface area (Å²) >= 11 is 0. The lowest BCUT2D eigenvalue weighted by Gasteiger charge is -2.32. The smallest absolute Gasteiger partial charge is 0.0440 e. The molecule has 0 saturated heterocycles. The molecule has 1 nitrogen and oxygen atoms in total. The third kappa shape index (κ3) is 6.03. The van der Waals surface area contributed by atoms with E-state index in [0.29, 0.717) is 0 Å². The van der Waals surface area contributed by atoms with Crippen LogP contribution in [0, 0.1) is 0 Å². The molecular weight excluding hydrogens is 254 g/mol.